The molecule has 2 atom stereocenters. The maximum absolute atomic E-state index is 12.3. The van der Waals surface area contributed by atoms with E-state index < -0.39 is 0 Å². The zero-order valence-electron chi connectivity index (χ0n) is 10.2. The van der Waals surface area contributed by atoms with Gasteiger partial charge in [0.15, 0.2) is 0 Å². The van der Waals surface area contributed by atoms with Crippen molar-refractivity contribution in [3.05, 3.63) is 5.21 Å². The first-order valence-corrected chi connectivity index (χ1v) is 6.39. The zero-order chi connectivity index (χ0) is 11.1. The summed E-state index contributed by atoms with van der Waals surface area (Å²) in [4.78, 5) is 0. The summed E-state index contributed by atoms with van der Waals surface area (Å²) in [5, 5.41) is 12.3. The van der Waals surface area contributed by atoms with Crippen LogP contribution in [0.25, 0.3) is 0 Å². The molecule has 1 fully saturated rings. The second-order valence-corrected chi connectivity index (χ2v) is 4.65. The molecule has 0 N–H and O–H groups in total. The third-order valence-corrected chi connectivity index (χ3v) is 3.26. The van der Waals surface area contributed by atoms with Gasteiger partial charge in [-0.2, -0.15) is 0 Å². The molecule has 0 bridgehead atoms. The number of rotatable bonds is 6. The molecule has 0 aromatic heterocycles. The lowest BCUT2D eigenvalue weighted by atomic mass is 10.1. The predicted octanol–water partition coefficient (Wildman–Crippen LogP) is 2.69. The van der Waals surface area contributed by atoms with Gasteiger partial charge in [-0.3, -0.25) is 0 Å². The average molecular weight is 215 g/mol. The van der Waals surface area contributed by atoms with Gasteiger partial charge < -0.3 is 14.6 Å². The van der Waals surface area contributed by atoms with Crippen molar-refractivity contribution >= 4 is 0 Å². The number of morpholine rings is 1. The molecule has 3 heteroatoms. The Bertz CT molecular complexity index is 175. The van der Waals surface area contributed by atoms with Crippen LogP contribution < -0.4 is 0 Å². The van der Waals surface area contributed by atoms with Crippen LogP contribution in [0.4, 0.5) is 0 Å². The molecular weight excluding hydrogens is 190 g/mol. The van der Waals surface area contributed by atoms with Gasteiger partial charge in [0, 0.05) is 0 Å². The third-order valence-electron chi connectivity index (χ3n) is 3.26. The zero-order valence-corrected chi connectivity index (χ0v) is 10.2. The molecule has 0 aromatic rings. The summed E-state index contributed by atoms with van der Waals surface area (Å²) in [7, 11) is 0. The number of ether oxygens (including phenoxy) is 1. The van der Waals surface area contributed by atoms with Gasteiger partial charge in [-0.1, -0.05) is 26.7 Å². The fourth-order valence-corrected chi connectivity index (χ4v) is 2.18. The van der Waals surface area contributed by atoms with Crippen LogP contribution in [0.1, 0.15) is 46.0 Å². The van der Waals surface area contributed by atoms with Crippen molar-refractivity contribution in [2.75, 3.05) is 26.2 Å². The van der Waals surface area contributed by atoms with Crippen LogP contribution >= 0.6 is 0 Å². The Kier molecular flexibility index (Phi) is 5.58. The second-order valence-electron chi connectivity index (χ2n) is 4.65. The molecular formula is C12H25NO2. The van der Waals surface area contributed by atoms with E-state index in [0.717, 1.165) is 19.4 Å². The van der Waals surface area contributed by atoms with Crippen LogP contribution in [-0.4, -0.2) is 37.0 Å². The molecule has 0 aromatic carbocycles. The molecule has 90 valence electrons. The molecule has 0 aliphatic carbocycles. The minimum Gasteiger partial charge on any atom is -0.633 e. The van der Waals surface area contributed by atoms with Gasteiger partial charge in [-0.15, -0.1) is 0 Å². The lowest BCUT2D eigenvalue weighted by Gasteiger charge is -2.47. The van der Waals surface area contributed by atoms with E-state index in [1.54, 1.807) is 0 Å². The summed E-state index contributed by atoms with van der Waals surface area (Å²) in [6.07, 6.45) is 5.94. The first-order chi connectivity index (χ1) is 7.20. The van der Waals surface area contributed by atoms with Gasteiger partial charge in [0.05, 0.1) is 13.2 Å². The van der Waals surface area contributed by atoms with Crippen molar-refractivity contribution < 1.29 is 9.38 Å². The standard InChI is InChI=1S/C12H25NO2/c1-3-5-6-7-8-13(14)9-10-15-12(4-2)11-13/h12H,3-11H2,1-2H3. The third kappa shape index (κ3) is 4.49. The van der Waals surface area contributed by atoms with Crippen molar-refractivity contribution in [3.63, 3.8) is 0 Å². The quantitative estimate of drug-likeness (QED) is 0.387. The predicted molar refractivity (Wildman–Crippen MR) is 62.4 cm³/mol. The maximum atomic E-state index is 12.3. The highest BCUT2D eigenvalue weighted by Crippen LogP contribution is 2.17. The van der Waals surface area contributed by atoms with E-state index in [4.69, 9.17) is 4.74 Å². The topological polar surface area (TPSA) is 32.3 Å². The summed E-state index contributed by atoms with van der Waals surface area (Å²) in [6, 6.07) is 0. The number of unbranched alkanes of at least 4 members (excludes halogenated alkanes) is 3. The lowest BCUT2D eigenvalue weighted by molar-refractivity contribution is -0.892. The van der Waals surface area contributed by atoms with Gasteiger partial charge in [-0.25, -0.2) is 0 Å². The van der Waals surface area contributed by atoms with E-state index in [9.17, 15) is 5.21 Å². The van der Waals surface area contributed by atoms with Crippen molar-refractivity contribution in [2.24, 2.45) is 0 Å². The van der Waals surface area contributed by atoms with Crippen molar-refractivity contribution in [3.8, 4) is 0 Å². The Balaban J connectivity index is 2.24. The maximum Gasteiger partial charge on any atom is 0.107 e. The highest BCUT2D eigenvalue weighted by molar-refractivity contribution is 4.62. The highest BCUT2D eigenvalue weighted by Gasteiger charge is 2.27. The number of hydroxylamine groups is 3. The second kappa shape index (κ2) is 6.46. The Hall–Kier alpha value is -0.120. The Labute approximate surface area is 93.6 Å². The van der Waals surface area contributed by atoms with Crippen LogP contribution in [0.3, 0.4) is 0 Å². The van der Waals surface area contributed by atoms with Crippen LogP contribution in [-0.2, 0) is 4.74 Å². The van der Waals surface area contributed by atoms with E-state index >= 15 is 0 Å². The van der Waals surface area contributed by atoms with E-state index in [1.165, 1.54) is 19.3 Å². The largest absolute Gasteiger partial charge is 0.633 e. The molecule has 0 spiro atoms. The van der Waals surface area contributed by atoms with Gasteiger partial charge in [0.1, 0.15) is 19.2 Å². The lowest BCUT2D eigenvalue weighted by Crippen LogP contribution is -2.54. The molecule has 1 aliphatic heterocycles. The first kappa shape index (κ1) is 12.9. The Morgan fingerprint density at radius 1 is 1.27 bits per heavy atom. The monoisotopic (exact) mass is 215 g/mol. The van der Waals surface area contributed by atoms with E-state index in [0.29, 0.717) is 19.7 Å². The molecule has 1 saturated heterocycles. The minimum atomic E-state index is -0.0117. The molecule has 1 rings (SSSR count). The smallest absolute Gasteiger partial charge is 0.107 e. The van der Waals surface area contributed by atoms with Gasteiger partial charge >= 0.3 is 0 Å². The highest BCUT2D eigenvalue weighted by atomic mass is 16.6. The van der Waals surface area contributed by atoms with Crippen LogP contribution in [0.2, 0.25) is 0 Å². The Morgan fingerprint density at radius 2 is 2.07 bits per heavy atom. The van der Waals surface area contributed by atoms with Crippen molar-refractivity contribution in [1.29, 1.82) is 0 Å². The molecule has 15 heavy (non-hydrogen) atoms. The van der Waals surface area contributed by atoms with Crippen LogP contribution in [0, 0.1) is 5.21 Å². The van der Waals surface area contributed by atoms with Crippen LogP contribution in [0.15, 0.2) is 0 Å². The number of nitrogens with zero attached hydrogens (tertiary/aromatic N) is 1. The van der Waals surface area contributed by atoms with Gasteiger partial charge in [0.2, 0.25) is 0 Å². The fraction of sp³-hybridized carbons (Fsp3) is 1.00. The molecule has 1 heterocycles. The minimum absolute atomic E-state index is 0.0117. The van der Waals surface area contributed by atoms with Crippen LogP contribution in [0.5, 0.6) is 0 Å². The van der Waals surface area contributed by atoms with Crippen molar-refractivity contribution in [2.45, 2.75) is 52.1 Å². The summed E-state index contributed by atoms with van der Waals surface area (Å²) < 4.78 is 5.52. The van der Waals surface area contributed by atoms with E-state index in [1.807, 2.05) is 0 Å². The molecule has 0 saturated carbocycles. The molecule has 0 amide bonds. The average Bonchev–Trinajstić information content (AvgIpc) is 2.24. The fourth-order valence-electron chi connectivity index (χ4n) is 2.18. The van der Waals surface area contributed by atoms with Gasteiger partial charge in [-0.05, 0) is 19.3 Å². The number of hydrogen-bond acceptors (Lipinski definition) is 2. The van der Waals surface area contributed by atoms with Gasteiger partial charge in [0.25, 0.3) is 0 Å². The Morgan fingerprint density at radius 3 is 2.73 bits per heavy atom. The first-order valence-electron chi connectivity index (χ1n) is 6.39. The summed E-state index contributed by atoms with van der Waals surface area (Å²) in [5.74, 6) is 0. The molecule has 0 radical (unpaired) electrons. The van der Waals surface area contributed by atoms with E-state index in [2.05, 4.69) is 13.8 Å². The van der Waals surface area contributed by atoms with E-state index in [-0.39, 0.29) is 10.8 Å². The molecule has 3 nitrogen and oxygen atoms in total. The van der Waals surface area contributed by atoms with Crippen molar-refractivity contribution in [1.82, 2.24) is 0 Å². The SMILES string of the molecule is CCCCCC[N+]1([O-])CCOC(CC)C1. The summed E-state index contributed by atoms with van der Waals surface area (Å²) in [5.41, 5.74) is 0. The summed E-state index contributed by atoms with van der Waals surface area (Å²) in [6.45, 7) is 7.06. The molecule has 2 unspecified atom stereocenters. The normalized spacial score (nSPS) is 31.8. The number of quaternary nitrogens is 1. The number of hydrogen-bond donors (Lipinski definition) is 0. The summed E-state index contributed by atoms with van der Waals surface area (Å²) >= 11 is 0. The molecule has 1 aliphatic rings.